The fraction of sp³-hybridized carbons (Fsp3) is 1.00. The van der Waals surface area contributed by atoms with E-state index in [-0.39, 0.29) is 28.7 Å². The van der Waals surface area contributed by atoms with Crippen molar-refractivity contribution in [2.24, 2.45) is 0 Å². The van der Waals surface area contributed by atoms with Crippen molar-refractivity contribution in [2.75, 3.05) is 0 Å². The van der Waals surface area contributed by atoms with Crippen molar-refractivity contribution >= 4 is 75.0 Å². The Kier molecular flexibility index (Phi) is 80.3. The van der Waals surface area contributed by atoms with Gasteiger partial charge in [-0.3, -0.25) is 0 Å². The van der Waals surface area contributed by atoms with Crippen molar-refractivity contribution in [3.05, 3.63) is 0 Å². The molecule has 0 aliphatic rings. The first-order chi connectivity index (χ1) is 7.71. The third-order valence-electron chi connectivity index (χ3n) is 0. The predicted molar refractivity (Wildman–Crippen MR) is 99.1 cm³/mol. The molecule has 0 heterocycles. The molecule has 0 N–H and O–H groups in total. The number of hydrogen-bond acceptors (Lipinski definition) is 0. The van der Waals surface area contributed by atoms with E-state index in [1.807, 2.05) is 0 Å². The summed E-state index contributed by atoms with van der Waals surface area (Å²) in [6, 6.07) is 0. The van der Waals surface area contributed by atoms with Crippen LogP contribution >= 0.6 is 0 Å². The van der Waals surface area contributed by atoms with Gasteiger partial charge in [0.15, 0.2) is 0 Å². The summed E-state index contributed by atoms with van der Waals surface area (Å²) in [5.41, 5.74) is 0. The van der Waals surface area contributed by atoms with Crippen LogP contribution in [0.4, 0.5) is 0 Å². The molecule has 0 rings (SSSR count). The average Bonchev–Trinajstić information content (AvgIpc) is 2.03. The summed E-state index contributed by atoms with van der Waals surface area (Å²) < 4.78 is 0. The van der Waals surface area contributed by atoms with Crippen LogP contribution in [0.3, 0.4) is 0 Å². The summed E-state index contributed by atoms with van der Waals surface area (Å²) in [4.78, 5) is 0. The van der Waals surface area contributed by atoms with E-state index in [0.29, 0.717) is 46.3 Å². The molecular formula is C12H36Ge5. The summed E-state index contributed by atoms with van der Waals surface area (Å²) in [7, 11) is 0. The summed E-state index contributed by atoms with van der Waals surface area (Å²) in [5, 5.41) is 0. The van der Waals surface area contributed by atoms with Crippen molar-refractivity contribution in [3.63, 3.8) is 0 Å². The van der Waals surface area contributed by atoms with Crippen LogP contribution in [0.25, 0.3) is 0 Å². The molecule has 0 aromatic rings. The second-order valence-electron chi connectivity index (χ2n) is 4.50. The van der Waals surface area contributed by atoms with Gasteiger partial charge in [0.1, 0.15) is 0 Å². The van der Waals surface area contributed by atoms with Crippen molar-refractivity contribution in [1.82, 2.24) is 0 Å². The van der Waals surface area contributed by atoms with Crippen LogP contribution in [-0.2, 0) is 0 Å². The van der Waals surface area contributed by atoms with Crippen molar-refractivity contribution in [1.29, 1.82) is 0 Å². The molecule has 0 fully saturated rings. The van der Waals surface area contributed by atoms with Crippen LogP contribution in [0.1, 0.15) is 0 Å². The van der Waals surface area contributed by atoms with E-state index in [0.717, 1.165) is 0 Å². The van der Waals surface area contributed by atoms with Gasteiger partial charge in [-0.25, -0.2) is 0 Å². The monoisotopic (exact) mass is 550 g/mol. The molecule has 0 saturated carbocycles. The molecule has 104 valence electrons. The van der Waals surface area contributed by atoms with Crippen LogP contribution < -0.4 is 0 Å². The van der Waals surface area contributed by atoms with Gasteiger partial charge in [-0.15, -0.1) is 0 Å². The Hall–Kier alpha value is 2.71. The molecule has 0 atom stereocenters. The summed E-state index contributed by atoms with van der Waals surface area (Å²) >= 11 is 0.833. The van der Waals surface area contributed by atoms with E-state index in [4.69, 9.17) is 0 Å². The quantitative estimate of drug-likeness (QED) is 0.373. The van der Waals surface area contributed by atoms with Gasteiger partial charge >= 0.3 is 144 Å². The predicted octanol–water partition coefficient (Wildman–Crippen LogP) is 5.10. The third-order valence-corrected chi connectivity index (χ3v) is 0. The minimum atomic E-state index is -0.333. The molecule has 0 spiro atoms. The molecule has 17 heavy (non-hydrogen) atoms. The minimum absolute atomic E-state index is 0.333. The molecule has 0 aromatic heterocycles. The first-order valence-corrected chi connectivity index (χ1v) is 31.2. The second kappa shape index (κ2) is 42.8. The fourth-order valence-corrected chi connectivity index (χ4v) is 0. The normalized spacial score (nSPS) is 7.41. The molecular weight excluding hydrogens is 507 g/mol. The molecule has 5 heteroatoms. The van der Waals surface area contributed by atoms with E-state index in [1.165, 1.54) is 0 Å². The number of rotatable bonds is 0. The maximum atomic E-state index is 2.33. The molecule has 0 amide bonds. The van der Waals surface area contributed by atoms with E-state index in [2.05, 4.69) is 69.1 Å². The SMILES string of the molecule is [CH3][Ge]([CH3])[CH3].[CH3][Ge]([CH3])[CH3].[CH3][Ge][CH3].[CH3][Ge][CH3].[CH3][Ge][CH3]. The van der Waals surface area contributed by atoms with Crippen molar-refractivity contribution in [2.45, 2.75) is 69.1 Å². The molecule has 0 unspecified atom stereocenters. The Balaban J connectivity index is -0.0000000356. The first kappa shape index (κ1) is 31.9. The zero-order valence-electron chi connectivity index (χ0n) is 14.5. The van der Waals surface area contributed by atoms with Gasteiger partial charge in [-0.2, -0.15) is 0 Å². The van der Waals surface area contributed by atoms with Crippen molar-refractivity contribution in [3.8, 4) is 0 Å². The average molecular weight is 543 g/mol. The topological polar surface area (TPSA) is 0 Å². The first-order valence-electron chi connectivity index (χ1n) is 6.00. The molecule has 0 aliphatic heterocycles. The Morgan fingerprint density at radius 2 is 0.412 bits per heavy atom. The Morgan fingerprint density at radius 3 is 0.412 bits per heavy atom. The van der Waals surface area contributed by atoms with E-state index >= 15 is 0 Å². The molecule has 0 nitrogen and oxygen atoms in total. The van der Waals surface area contributed by atoms with Gasteiger partial charge in [-0.1, -0.05) is 0 Å². The number of hydrogen-bond donors (Lipinski definition) is 0. The Morgan fingerprint density at radius 1 is 0.412 bits per heavy atom. The maximum absolute atomic E-state index is 2.33. The molecule has 0 aliphatic carbocycles. The Labute approximate surface area is 142 Å². The molecule has 8 radical (unpaired) electrons. The summed E-state index contributed by atoms with van der Waals surface area (Å²) in [6.07, 6.45) is 0. The van der Waals surface area contributed by atoms with Crippen LogP contribution in [0.5, 0.6) is 0 Å². The van der Waals surface area contributed by atoms with Crippen LogP contribution in [0.15, 0.2) is 0 Å². The van der Waals surface area contributed by atoms with E-state index in [9.17, 15) is 0 Å². The molecule has 0 saturated heterocycles. The van der Waals surface area contributed by atoms with Crippen molar-refractivity contribution < 1.29 is 0 Å². The van der Waals surface area contributed by atoms with Gasteiger partial charge < -0.3 is 0 Å². The second-order valence-corrected chi connectivity index (χ2v) is 23.4. The zero-order chi connectivity index (χ0) is 15.3. The third kappa shape index (κ3) is 710. The van der Waals surface area contributed by atoms with E-state index in [1.54, 1.807) is 0 Å². The van der Waals surface area contributed by atoms with Crippen LogP contribution in [0.2, 0.25) is 69.1 Å². The molecule has 0 bridgehead atoms. The van der Waals surface area contributed by atoms with Gasteiger partial charge in [0.25, 0.3) is 0 Å². The zero-order valence-corrected chi connectivity index (χ0v) is 25.0. The van der Waals surface area contributed by atoms with Gasteiger partial charge in [0.2, 0.25) is 0 Å². The van der Waals surface area contributed by atoms with Crippen LogP contribution in [0, 0.1) is 0 Å². The van der Waals surface area contributed by atoms with Gasteiger partial charge in [0, 0.05) is 0 Å². The fourth-order valence-electron chi connectivity index (χ4n) is 0. The molecule has 0 aromatic carbocycles. The summed E-state index contributed by atoms with van der Waals surface area (Å²) in [6.45, 7) is 0. The van der Waals surface area contributed by atoms with Gasteiger partial charge in [-0.05, 0) is 0 Å². The standard InChI is InChI=1S/2C3H9Ge.3C2H6Ge/c2*1-4(2)3;3*1-3-2/h2*1-3H3;3*1-2H3. The van der Waals surface area contributed by atoms with E-state index < -0.39 is 0 Å². The Bertz CT molecular complexity index is 51.7. The van der Waals surface area contributed by atoms with Gasteiger partial charge in [0.05, 0.1) is 0 Å². The van der Waals surface area contributed by atoms with Crippen LogP contribution in [-0.4, -0.2) is 75.0 Å². The summed E-state index contributed by atoms with van der Waals surface area (Å²) in [5.74, 6) is 27.5.